The number of rotatable bonds is 10. The number of nitrogens with zero attached hydrogens (tertiary/aromatic N) is 3. The van der Waals surface area contributed by atoms with Crippen LogP contribution in [-0.4, -0.2) is 96.2 Å². The number of hydrogen-bond donors (Lipinski definition) is 3. The van der Waals surface area contributed by atoms with Crippen LogP contribution in [0.4, 0.5) is 13.2 Å². The minimum absolute atomic E-state index is 0.0329. The summed E-state index contributed by atoms with van der Waals surface area (Å²) in [6.45, 7) is 5.90. The van der Waals surface area contributed by atoms with Gasteiger partial charge in [-0.2, -0.15) is 0 Å². The highest BCUT2D eigenvalue weighted by molar-refractivity contribution is 7.90. The van der Waals surface area contributed by atoms with E-state index in [0.717, 1.165) is 54.7 Å². The van der Waals surface area contributed by atoms with Crippen LogP contribution in [0.15, 0.2) is 84.1 Å². The van der Waals surface area contributed by atoms with Crippen molar-refractivity contribution in [3.8, 4) is 11.1 Å². The number of nitrogens with one attached hydrogen (secondary N) is 1. The van der Waals surface area contributed by atoms with Crippen molar-refractivity contribution in [3.63, 3.8) is 0 Å². The standard InChI is InChI=1S/C32H35F3N4O2S.2C4H4O4/c1-21-30(12-11-28(33)31(21)35)42(40,41)20-23-6-5-22(18-29(23)34)27-19-39(32-26(27)4-3-13-36-32)25-9-7-24(8-10-25)38-16-14-37(2)15-17-38;2*5-3(6)1-2-4(7)8/h3-6,11-13,18-19,24-25H,7-10,14-17,20H2,1-2H3;2*1-2H,(H,5,6)(H,7,8)/p-1/b;2*2-1-. The van der Waals surface area contributed by atoms with E-state index < -0.39 is 56.9 Å². The number of aliphatic carboxylic acids is 4. The molecule has 3 N–H and O–H groups in total. The Morgan fingerprint density at radius 3 is 2.02 bits per heavy atom. The molecule has 0 unspecified atom stereocenters. The Kier molecular flexibility index (Phi) is 15.5. The van der Waals surface area contributed by atoms with Crippen molar-refractivity contribution >= 4 is 44.7 Å². The van der Waals surface area contributed by atoms with Crippen molar-refractivity contribution in [3.05, 3.63) is 108 Å². The second kappa shape index (κ2) is 20.0. The Bertz CT molecular complexity index is 2250. The van der Waals surface area contributed by atoms with Crippen LogP contribution in [-0.2, 0) is 34.8 Å². The zero-order chi connectivity index (χ0) is 42.7. The zero-order valence-corrected chi connectivity index (χ0v) is 32.4. The van der Waals surface area contributed by atoms with Crippen LogP contribution in [0.25, 0.3) is 22.2 Å². The molecule has 0 radical (unpaired) electrons. The van der Waals surface area contributed by atoms with E-state index >= 15 is 4.39 Å². The van der Waals surface area contributed by atoms with Crippen LogP contribution in [0.3, 0.4) is 0 Å². The molecule has 1 aliphatic carbocycles. The van der Waals surface area contributed by atoms with Gasteiger partial charge in [-0.1, -0.05) is 12.1 Å². The van der Waals surface area contributed by atoms with Crippen LogP contribution in [0, 0.1) is 24.4 Å². The van der Waals surface area contributed by atoms with Crippen LogP contribution in [0.1, 0.15) is 42.9 Å². The van der Waals surface area contributed by atoms with Crippen LogP contribution in [0.5, 0.6) is 0 Å². The third-order valence-electron chi connectivity index (χ3n) is 9.94. The molecule has 2 fully saturated rings. The largest absolute Gasteiger partial charge is 0.545 e. The van der Waals surface area contributed by atoms with E-state index in [4.69, 9.17) is 10.2 Å². The molecule has 4 aromatic rings. The molecule has 1 saturated carbocycles. The normalized spacial score (nSPS) is 17.7. The lowest BCUT2D eigenvalue weighted by molar-refractivity contribution is -0.931. The molecule has 0 atom stereocenters. The number of carbonyl (C=O) groups excluding carboxylic acids is 2. The molecule has 3 heterocycles. The average molecular weight is 828 g/mol. The van der Waals surface area contributed by atoms with E-state index in [0.29, 0.717) is 42.0 Å². The lowest BCUT2D eigenvalue weighted by Crippen LogP contribution is -3.18. The molecule has 14 nitrogen and oxygen atoms in total. The predicted molar refractivity (Wildman–Crippen MR) is 200 cm³/mol. The number of fused-ring (bicyclic) bond motifs is 1. The molecule has 1 saturated heterocycles. The second-order valence-corrected chi connectivity index (χ2v) is 15.8. The summed E-state index contributed by atoms with van der Waals surface area (Å²) in [5.74, 6) is -9.28. The summed E-state index contributed by atoms with van der Waals surface area (Å²) in [4.78, 5) is 46.4. The van der Waals surface area contributed by atoms with Gasteiger partial charge in [0.15, 0.2) is 21.5 Å². The van der Waals surface area contributed by atoms with Gasteiger partial charge in [-0.3, -0.25) is 4.90 Å². The number of halogens is 3. The van der Waals surface area contributed by atoms with Crippen LogP contribution < -0.4 is 15.1 Å². The maximum absolute atomic E-state index is 15.4. The van der Waals surface area contributed by atoms with Gasteiger partial charge >= 0.3 is 11.9 Å². The Labute approximate surface area is 332 Å². The van der Waals surface area contributed by atoms with Crippen molar-refractivity contribution in [2.45, 2.75) is 55.3 Å². The first-order valence-electron chi connectivity index (χ1n) is 18.1. The Morgan fingerprint density at radius 1 is 0.879 bits per heavy atom. The molecule has 6 rings (SSSR count). The fourth-order valence-corrected chi connectivity index (χ4v) is 8.66. The first kappa shape index (κ1) is 44.9. The lowest BCUT2D eigenvalue weighted by atomic mass is 9.89. The first-order chi connectivity index (χ1) is 27.4. The highest BCUT2D eigenvalue weighted by atomic mass is 32.2. The third kappa shape index (κ3) is 12.1. The van der Waals surface area contributed by atoms with Crippen molar-refractivity contribution in [1.29, 1.82) is 0 Å². The minimum atomic E-state index is -4.11. The highest BCUT2D eigenvalue weighted by Gasteiger charge is 2.32. The van der Waals surface area contributed by atoms with Gasteiger partial charge in [-0.15, -0.1) is 0 Å². The summed E-state index contributed by atoms with van der Waals surface area (Å²) in [5, 5.41) is 35.4. The number of sulfone groups is 1. The molecule has 310 valence electrons. The van der Waals surface area contributed by atoms with Gasteiger partial charge in [-0.25, -0.2) is 36.2 Å². The van der Waals surface area contributed by atoms with Gasteiger partial charge in [0.2, 0.25) is 0 Å². The average Bonchev–Trinajstić information content (AvgIpc) is 3.57. The monoisotopic (exact) mass is 827 g/mol. The molecule has 0 amide bonds. The Morgan fingerprint density at radius 2 is 1.48 bits per heavy atom. The van der Waals surface area contributed by atoms with Gasteiger partial charge < -0.3 is 39.5 Å². The number of likely N-dealkylation sites (N-methyl/N-ethyl adjacent to an activating group) is 1. The van der Waals surface area contributed by atoms with Crippen LogP contribution in [0.2, 0.25) is 0 Å². The van der Waals surface area contributed by atoms with Gasteiger partial charge in [-0.05, 0) is 74.9 Å². The number of carboxylic acid groups (broad SMARTS) is 4. The van der Waals surface area contributed by atoms with E-state index in [2.05, 4.69) is 27.7 Å². The van der Waals surface area contributed by atoms with Gasteiger partial charge in [0.25, 0.3) is 0 Å². The quantitative estimate of drug-likeness (QED) is 0.153. The molecule has 2 aromatic heterocycles. The predicted octanol–water partition coefficient (Wildman–Crippen LogP) is 1.47. The van der Waals surface area contributed by atoms with Crippen molar-refractivity contribution in [1.82, 2.24) is 14.5 Å². The number of quaternary nitrogens is 1. The number of pyridine rings is 1. The summed E-state index contributed by atoms with van der Waals surface area (Å²) in [6, 6.07) is 11.2. The molecule has 2 aliphatic rings. The fourth-order valence-electron chi connectivity index (χ4n) is 7.03. The van der Waals surface area contributed by atoms with E-state index in [9.17, 15) is 46.6 Å². The van der Waals surface area contributed by atoms with E-state index in [1.165, 1.54) is 45.0 Å². The van der Waals surface area contributed by atoms with E-state index in [1.807, 2.05) is 12.1 Å². The fraction of sp³-hybridized carbons (Fsp3) is 0.325. The molecular weight excluding hydrogens is 786 g/mol. The highest BCUT2D eigenvalue weighted by Crippen LogP contribution is 2.37. The number of carbonyl (C=O) groups is 4. The summed E-state index contributed by atoms with van der Waals surface area (Å²) in [7, 11) is -1.92. The Hall–Kier alpha value is -5.85. The molecule has 2 aromatic carbocycles. The topological polar surface area (TPSA) is 214 Å². The minimum Gasteiger partial charge on any atom is -0.545 e. The maximum atomic E-state index is 15.4. The second-order valence-electron chi connectivity index (χ2n) is 13.8. The first-order valence-corrected chi connectivity index (χ1v) is 19.7. The van der Waals surface area contributed by atoms with E-state index in [-0.39, 0.29) is 16.0 Å². The maximum Gasteiger partial charge on any atom is 0.328 e. The number of aromatic nitrogens is 2. The van der Waals surface area contributed by atoms with Crippen molar-refractivity contribution < 1.29 is 66.1 Å². The number of hydrogen-bond acceptors (Lipinski definition) is 10. The molecule has 58 heavy (non-hydrogen) atoms. The van der Waals surface area contributed by atoms with Crippen LogP contribution >= 0.6 is 0 Å². The molecular formula is C40H42F3N4O10S-. The number of piperazine rings is 1. The third-order valence-corrected chi connectivity index (χ3v) is 11.7. The Balaban J connectivity index is 0.000000393. The summed E-state index contributed by atoms with van der Waals surface area (Å²) in [6.07, 6.45) is 10.2. The molecule has 0 spiro atoms. The van der Waals surface area contributed by atoms with E-state index in [1.54, 1.807) is 17.2 Å². The van der Waals surface area contributed by atoms with Gasteiger partial charge in [0, 0.05) is 78.6 Å². The summed E-state index contributed by atoms with van der Waals surface area (Å²) >= 11 is 0. The summed E-state index contributed by atoms with van der Waals surface area (Å²) < 4.78 is 71.3. The number of benzene rings is 2. The lowest BCUT2D eigenvalue weighted by Gasteiger charge is -2.38. The number of carboxylic acids is 4. The molecule has 18 heteroatoms. The van der Waals surface area contributed by atoms with Crippen molar-refractivity contribution in [2.24, 2.45) is 0 Å². The molecule has 1 aliphatic heterocycles. The zero-order valence-electron chi connectivity index (χ0n) is 31.6. The van der Waals surface area contributed by atoms with Gasteiger partial charge in [0.05, 0.1) is 41.7 Å². The SMILES string of the molecule is Cc1c(S(=O)(=O)Cc2ccc(-c3cn(C4CCC([NH+]5CCN(C)CC5)CC4)c4ncccc34)cc2F)ccc(F)c1F.O=C([O-])/C=C\C(=O)O.O=C([O-])/C=C\C(=O)O. The van der Waals surface area contributed by atoms with Gasteiger partial charge in [0.1, 0.15) is 11.5 Å². The summed E-state index contributed by atoms with van der Waals surface area (Å²) in [5.41, 5.74) is 1.99. The smallest absolute Gasteiger partial charge is 0.328 e. The molecule has 0 bridgehead atoms. The van der Waals surface area contributed by atoms with Crippen molar-refractivity contribution in [2.75, 3.05) is 33.2 Å².